The van der Waals surface area contributed by atoms with E-state index < -0.39 is 0 Å². The van der Waals surface area contributed by atoms with Gasteiger partial charge in [-0.05, 0) is 38.8 Å². The molecule has 0 fully saturated rings. The maximum absolute atomic E-state index is 11.2. The molecule has 1 aliphatic rings. The van der Waals surface area contributed by atoms with Gasteiger partial charge in [0.25, 0.3) is 0 Å². The van der Waals surface area contributed by atoms with Crippen molar-refractivity contribution in [2.45, 2.75) is 19.3 Å². The van der Waals surface area contributed by atoms with Gasteiger partial charge in [-0.15, -0.1) is 0 Å². The number of H-pyrrole nitrogens is 1. The Morgan fingerprint density at radius 3 is 3.31 bits per heavy atom. The normalized spacial score (nSPS) is 21.5. The van der Waals surface area contributed by atoms with Crippen LogP contribution in [0.3, 0.4) is 0 Å². The summed E-state index contributed by atoms with van der Waals surface area (Å²) in [6.07, 6.45) is 2.92. The van der Waals surface area contributed by atoms with Crippen LogP contribution in [0.5, 0.6) is 0 Å². The van der Waals surface area contributed by atoms with Gasteiger partial charge in [-0.3, -0.25) is 0 Å². The second-order valence-electron chi connectivity index (χ2n) is 3.62. The SMILES string of the molecule is CNCC1CCc2[nH]oc(=O)c2C1. The van der Waals surface area contributed by atoms with Gasteiger partial charge in [0.05, 0.1) is 11.3 Å². The fraction of sp³-hybridized carbons (Fsp3) is 0.667. The van der Waals surface area contributed by atoms with E-state index >= 15 is 0 Å². The first-order valence-electron chi connectivity index (χ1n) is 4.65. The van der Waals surface area contributed by atoms with Crippen molar-refractivity contribution in [2.24, 2.45) is 5.92 Å². The van der Waals surface area contributed by atoms with Crippen molar-refractivity contribution in [3.8, 4) is 0 Å². The average Bonchev–Trinajstić information content (AvgIpc) is 2.49. The number of aromatic amines is 1. The first-order valence-corrected chi connectivity index (χ1v) is 4.65. The molecule has 4 nitrogen and oxygen atoms in total. The van der Waals surface area contributed by atoms with Gasteiger partial charge < -0.3 is 9.84 Å². The Morgan fingerprint density at radius 2 is 2.54 bits per heavy atom. The number of aryl methyl sites for hydroxylation is 1. The number of hydrogen-bond acceptors (Lipinski definition) is 3. The van der Waals surface area contributed by atoms with E-state index in [4.69, 9.17) is 4.52 Å². The molecule has 72 valence electrons. The van der Waals surface area contributed by atoms with E-state index in [1.165, 1.54) is 0 Å². The summed E-state index contributed by atoms with van der Waals surface area (Å²) >= 11 is 0. The fourth-order valence-electron chi connectivity index (χ4n) is 1.96. The predicted molar refractivity (Wildman–Crippen MR) is 48.8 cm³/mol. The summed E-state index contributed by atoms with van der Waals surface area (Å²) in [7, 11) is 1.94. The Kier molecular flexibility index (Phi) is 2.22. The summed E-state index contributed by atoms with van der Waals surface area (Å²) in [4.78, 5) is 11.2. The highest BCUT2D eigenvalue weighted by atomic mass is 16.5. The summed E-state index contributed by atoms with van der Waals surface area (Å²) < 4.78 is 4.74. The number of nitrogens with one attached hydrogen (secondary N) is 2. The summed E-state index contributed by atoms with van der Waals surface area (Å²) in [6.45, 7) is 0.976. The Labute approximate surface area is 76.3 Å². The summed E-state index contributed by atoms with van der Waals surface area (Å²) in [5.74, 6) is 0.580. The van der Waals surface area contributed by atoms with Crippen molar-refractivity contribution >= 4 is 0 Å². The van der Waals surface area contributed by atoms with Crippen LogP contribution in [0.1, 0.15) is 17.7 Å². The first-order chi connectivity index (χ1) is 6.31. The molecule has 1 aromatic rings. The highest BCUT2D eigenvalue weighted by molar-refractivity contribution is 5.18. The molecule has 13 heavy (non-hydrogen) atoms. The van der Waals surface area contributed by atoms with Crippen LogP contribution in [-0.2, 0) is 12.8 Å². The lowest BCUT2D eigenvalue weighted by atomic mass is 9.88. The molecule has 0 aromatic carbocycles. The topological polar surface area (TPSA) is 58.0 Å². The number of fused-ring (bicyclic) bond motifs is 1. The third-order valence-corrected chi connectivity index (χ3v) is 2.67. The van der Waals surface area contributed by atoms with Gasteiger partial charge in [0.15, 0.2) is 0 Å². The standard InChI is InChI=1S/C9H14N2O2/c1-10-5-6-2-3-8-7(4-6)9(12)13-11-8/h6,10-11H,2-5H2,1H3. The zero-order chi connectivity index (χ0) is 9.26. The molecular weight excluding hydrogens is 168 g/mol. The molecule has 0 radical (unpaired) electrons. The minimum Gasteiger partial charge on any atom is -0.339 e. The first kappa shape index (κ1) is 8.56. The third kappa shape index (κ3) is 1.54. The minimum atomic E-state index is -0.184. The number of aromatic nitrogens is 1. The minimum absolute atomic E-state index is 0.184. The second-order valence-corrected chi connectivity index (χ2v) is 3.62. The van der Waals surface area contributed by atoms with Gasteiger partial charge in [-0.1, -0.05) is 0 Å². The zero-order valence-electron chi connectivity index (χ0n) is 7.72. The molecule has 1 heterocycles. The molecule has 0 bridgehead atoms. The Morgan fingerprint density at radius 1 is 1.69 bits per heavy atom. The van der Waals surface area contributed by atoms with Crippen LogP contribution in [0.15, 0.2) is 9.32 Å². The summed E-state index contributed by atoms with van der Waals surface area (Å²) in [6, 6.07) is 0. The van der Waals surface area contributed by atoms with Crippen LogP contribution < -0.4 is 10.9 Å². The molecule has 0 saturated carbocycles. The van der Waals surface area contributed by atoms with Crippen LogP contribution in [0.25, 0.3) is 0 Å². The lowest BCUT2D eigenvalue weighted by Crippen LogP contribution is -2.26. The predicted octanol–water partition coefficient (Wildman–Crippen LogP) is 0.292. The van der Waals surface area contributed by atoms with E-state index in [1.54, 1.807) is 0 Å². The van der Waals surface area contributed by atoms with Crippen LogP contribution in [0, 0.1) is 5.92 Å². The van der Waals surface area contributed by atoms with Crippen molar-refractivity contribution in [1.82, 2.24) is 10.5 Å². The Hall–Kier alpha value is -1.03. The van der Waals surface area contributed by atoms with Gasteiger partial charge in [0.2, 0.25) is 0 Å². The molecule has 4 heteroatoms. The second kappa shape index (κ2) is 3.38. The molecule has 0 saturated heterocycles. The van der Waals surface area contributed by atoms with E-state index in [1.807, 2.05) is 7.05 Å². The quantitative estimate of drug-likeness (QED) is 0.691. The number of rotatable bonds is 2. The van der Waals surface area contributed by atoms with Crippen molar-refractivity contribution in [1.29, 1.82) is 0 Å². The molecule has 1 aliphatic carbocycles. The average molecular weight is 182 g/mol. The van der Waals surface area contributed by atoms with Crippen LogP contribution >= 0.6 is 0 Å². The molecule has 1 aromatic heterocycles. The molecule has 2 N–H and O–H groups in total. The Bertz CT molecular complexity index is 340. The highest BCUT2D eigenvalue weighted by Crippen LogP contribution is 2.21. The monoisotopic (exact) mass is 182 g/mol. The van der Waals surface area contributed by atoms with Gasteiger partial charge in [0.1, 0.15) is 0 Å². The largest absolute Gasteiger partial charge is 0.360 e. The maximum atomic E-state index is 11.2. The summed E-state index contributed by atoms with van der Waals surface area (Å²) in [5, 5.41) is 5.82. The highest BCUT2D eigenvalue weighted by Gasteiger charge is 2.22. The molecule has 0 amide bonds. The van der Waals surface area contributed by atoms with Crippen molar-refractivity contribution in [3.63, 3.8) is 0 Å². The molecule has 0 spiro atoms. The number of hydrogen-bond donors (Lipinski definition) is 2. The maximum Gasteiger partial charge on any atom is 0.360 e. The van der Waals surface area contributed by atoms with Crippen molar-refractivity contribution in [2.75, 3.05) is 13.6 Å². The lowest BCUT2D eigenvalue weighted by molar-refractivity contribution is 0.384. The van der Waals surface area contributed by atoms with Gasteiger partial charge >= 0.3 is 5.63 Å². The van der Waals surface area contributed by atoms with E-state index in [-0.39, 0.29) is 5.63 Å². The van der Waals surface area contributed by atoms with E-state index in [0.717, 1.165) is 37.1 Å². The van der Waals surface area contributed by atoms with E-state index in [9.17, 15) is 4.79 Å². The lowest BCUT2D eigenvalue weighted by Gasteiger charge is -2.19. The summed E-state index contributed by atoms with van der Waals surface area (Å²) in [5.41, 5.74) is 1.67. The van der Waals surface area contributed by atoms with Crippen molar-refractivity contribution in [3.05, 3.63) is 21.7 Å². The fourth-order valence-corrected chi connectivity index (χ4v) is 1.96. The molecule has 1 atom stereocenters. The molecule has 1 unspecified atom stereocenters. The molecular formula is C9H14N2O2. The third-order valence-electron chi connectivity index (χ3n) is 2.67. The zero-order valence-corrected chi connectivity index (χ0v) is 7.72. The smallest absolute Gasteiger partial charge is 0.339 e. The van der Waals surface area contributed by atoms with Crippen LogP contribution in [0.4, 0.5) is 0 Å². The van der Waals surface area contributed by atoms with E-state index in [2.05, 4.69) is 10.5 Å². The van der Waals surface area contributed by atoms with E-state index in [0.29, 0.717) is 5.92 Å². The van der Waals surface area contributed by atoms with Gasteiger partial charge in [-0.2, -0.15) is 0 Å². The van der Waals surface area contributed by atoms with Gasteiger partial charge in [0, 0.05) is 0 Å². The van der Waals surface area contributed by atoms with Crippen LogP contribution in [0.2, 0.25) is 0 Å². The van der Waals surface area contributed by atoms with Crippen molar-refractivity contribution < 1.29 is 4.52 Å². The van der Waals surface area contributed by atoms with Gasteiger partial charge in [-0.25, -0.2) is 9.95 Å². The van der Waals surface area contributed by atoms with Crippen LogP contribution in [-0.4, -0.2) is 18.7 Å². The molecule has 2 rings (SSSR count). The Balaban J connectivity index is 2.18. The molecule has 0 aliphatic heterocycles.